The minimum absolute atomic E-state index is 0.233. The minimum Gasteiger partial charge on any atom is -0.480 e. The largest absolute Gasteiger partial charge is 0.480 e. The van der Waals surface area contributed by atoms with E-state index in [1.807, 2.05) is 0 Å². The Morgan fingerprint density at radius 1 is 1.05 bits per heavy atom. The first-order valence-corrected chi connectivity index (χ1v) is 7.41. The number of amides is 2. The van der Waals surface area contributed by atoms with E-state index < -0.39 is 17.4 Å². The third-order valence-corrected chi connectivity index (χ3v) is 3.94. The van der Waals surface area contributed by atoms with Gasteiger partial charge in [0.1, 0.15) is 5.54 Å². The van der Waals surface area contributed by atoms with E-state index in [1.54, 1.807) is 30.3 Å². The highest BCUT2D eigenvalue weighted by atomic mass is 16.4. The fourth-order valence-corrected chi connectivity index (χ4v) is 2.71. The van der Waals surface area contributed by atoms with Gasteiger partial charge in [-0.05, 0) is 25.0 Å². The zero-order chi connectivity index (χ0) is 16.0. The van der Waals surface area contributed by atoms with Crippen LogP contribution < -0.4 is 10.6 Å². The van der Waals surface area contributed by atoms with E-state index >= 15 is 0 Å². The Kier molecular flexibility index (Phi) is 5.14. The number of carboxylic acid groups (broad SMARTS) is 1. The average Bonchev–Trinajstić information content (AvgIpc) is 2.54. The first kappa shape index (κ1) is 16.0. The lowest BCUT2D eigenvalue weighted by molar-refractivity contribution is -0.149. The Balaban J connectivity index is 1.89. The highest BCUT2D eigenvalue weighted by Gasteiger charge is 2.40. The van der Waals surface area contributed by atoms with Gasteiger partial charge in [0.15, 0.2) is 0 Å². The third kappa shape index (κ3) is 3.84. The number of hydrogen-bond acceptors (Lipinski definition) is 3. The van der Waals surface area contributed by atoms with Gasteiger partial charge in [-0.2, -0.15) is 0 Å². The van der Waals surface area contributed by atoms with Crippen molar-refractivity contribution in [3.63, 3.8) is 0 Å². The van der Waals surface area contributed by atoms with Crippen LogP contribution in [0.25, 0.3) is 0 Å². The summed E-state index contributed by atoms with van der Waals surface area (Å²) < 4.78 is 0. The SMILES string of the molecule is O=C(CNC(=O)c1ccccc1)NC1(C(=O)O)CCCCC1. The summed E-state index contributed by atoms with van der Waals surface area (Å²) in [5.41, 5.74) is -0.729. The lowest BCUT2D eigenvalue weighted by Gasteiger charge is -2.33. The number of rotatable bonds is 5. The number of aliphatic carboxylic acids is 1. The summed E-state index contributed by atoms with van der Waals surface area (Å²) in [7, 11) is 0. The van der Waals surface area contributed by atoms with E-state index in [-0.39, 0.29) is 12.5 Å². The highest BCUT2D eigenvalue weighted by molar-refractivity contribution is 5.97. The number of benzene rings is 1. The minimum atomic E-state index is -1.19. The summed E-state index contributed by atoms with van der Waals surface area (Å²) in [6.45, 7) is -0.233. The first-order chi connectivity index (χ1) is 10.5. The Morgan fingerprint density at radius 2 is 1.68 bits per heavy atom. The summed E-state index contributed by atoms with van der Waals surface area (Å²) in [6, 6.07) is 8.55. The molecule has 0 atom stereocenters. The van der Waals surface area contributed by atoms with Gasteiger partial charge >= 0.3 is 5.97 Å². The fourth-order valence-electron chi connectivity index (χ4n) is 2.71. The van der Waals surface area contributed by atoms with Gasteiger partial charge in [-0.15, -0.1) is 0 Å². The molecule has 2 rings (SSSR count). The number of hydrogen-bond donors (Lipinski definition) is 3. The van der Waals surface area contributed by atoms with Gasteiger partial charge in [-0.25, -0.2) is 4.79 Å². The monoisotopic (exact) mass is 304 g/mol. The van der Waals surface area contributed by atoms with Gasteiger partial charge in [0.25, 0.3) is 5.91 Å². The smallest absolute Gasteiger partial charge is 0.329 e. The van der Waals surface area contributed by atoms with Crippen LogP contribution in [0.15, 0.2) is 30.3 Å². The van der Waals surface area contributed by atoms with Crippen molar-refractivity contribution in [2.45, 2.75) is 37.6 Å². The van der Waals surface area contributed by atoms with Crippen LogP contribution in [0.1, 0.15) is 42.5 Å². The summed E-state index contributed by atoms with van der Waals surface area (Å²) in [5.74, 6) is -1.84. The topological polar surface area (TPSA) is 95.5 Å². The lowest BCUT2D eigenvalue weighted by atomic mass is 9.81. The molecule has 0 unspecified atom stereocenters. The molecule has 2 amide bonds. The molecule has 1 aromatic rings. The fraction of sp³-hybridized carbons (Fsp3) is 0.438. The van der Waals surface area contributed by atoms with E-state index in [2.05, 4.69) is 10.6 Å². The van der Waals surface area contributed by atoms with Crippen molar-refractivity contribution in [2.75, 3.05) is 6.54 Å². The van der Waals surface area contributed by atoms with Gasteiger partial charge in [-0.3, -0.25) is 9.59 Å². The summed E-state index contributed by atoms with van der Waals surface area (Å²) >= 11 is 0. The molecule has 1 aliphatic rings. The summed E-state index contributed by atoms with van der Waals surface area (Å²) in [4.78, 5) is 35.3. The quantitative estimate of drug-likeness (QED) is 0.764. The number of carboxylic acids is 1. The van der Waals surface area contributed by atoms with E-state index in [9.17, 15) is 19.5 Å². The molecule has 0 aromatic heterocycles. The van der Waals surface area contributed by atoms with E-state index in [0.717, 1.165) is 19.3 Å². The van der Waals surface area contributed by atoms with E-state index in [4.69, 9.17) is 0 Å². The van der Waals surface area contributed by atoms with Crippen LogP contribution in [0.2, 0.25) is 0 Å². The lowest BCUT2D eigenvalue weighted by Crippen LogP contribution is -2.57. The molecule has 22 heavy (non-hydrogen) atoms. The van der Waals surface area contributed by atoms with E-state index in [1.165, 1.54) is 0 Å². The van der Waals surface area contributed by atoms with Gasteiger partial charge in [0.05, 0.1) is 6.54 Å². The molecule has 6 nitrogen and oxygen atoms in total. The van der Waals surface area contributed by atoms with Crippen molar-refractivity contribution >= 4 is 17.8 Å². The maximum absolute atomic E-state index is 12.0. The maximum Gasteiger partial charge on any atom is 0.329 e. The van der Waals surface area contributed by atoms with Crippen molar-refractivity contribution in [1.82, 2.24) is 10.6 Å². The molecule has 1 saturated carbocycles. The Bertz CT molecular complexity index is 551. The summed E-state index contributed by atoms with van der Waals surface area (Å²) in [6.07, 6.45) is 3.41. The molecule has 1 aromatic carbocycles. The zero-order valence-corrected chi connectivity index (χ0v) is 12.3. The van der Waals surface area contributed by atoms with Crippen LogP contribution in [0.4, 0.5) is 0 Å². The molecule has 0 saturated heterocycles. The second-order valence-electron chi connectivity index (χ2n) is 5.54. The first-order valence-electron chi connectivity index (χ1n) is 7.41. The number of nitrogens with one attached hydrogen (secondary N) is 2. The molecule has 0 bridgehead atoms. The van der Waals surface area contributed by atoms with Crippen LogP contribution >= 0.6 is 0 Å². The molecule has 0 radical (unpaired) electrons. The van der Waals surface area contributed by atoms with Crippen LogP contribution in [0.3, 0.4) is 0 Å². The molecule has 6 heteroatoms. The van der Waals surface area contributed by atoms with Crippen LogP contribution in [-0.4, -0.2) is 35.0 Å². The molecule has 118 valence electrons. The molecular weight excluding hydrogens is 284 g/mol. The number of carbonyl (C=O) groups excluding carboxylic acids is 2. The van der Waals surface area contributed by atoms with Crippen molar-refractivity contribution in [2.24, 2.45) is 0 Å². The molecule has 0 heterocycles. The predicted molar refractivity (Wildman–Crippen MR) is 80.4 cm³/mol. The molecular formula is C16H20N2O4. The Morgan fingerprint density at radius 3 is 2.27 bits per heavy atom. The van der Waals surface area contributed by atoms with Crippen molar-refractivity contribution in [3.8, 4) is 0 Å². The Labute approximate surface area is 128 Å². The Hall–Kier alpha value is -2.37. The number of carbonyl (C=O) groups is 3. The van der Waals surface area contributed by atoms with Gasteiger partial charge in [0.2, 0.25) is 5.91 Å². The zero-order valence-electron chi connectivity index (χ0n) is 12.3. The standard InChI is InChI=1S/C16H20N2O4/c19-13(11-17-14(20)12-7-3-1-4-8-12)18-16(15(21)22)9-5-2-6-10-16/h1,3-4,7-8H,2,5-6,9-11H2,(H,17,20)(H,18,19)(H,21,22). The van der Waals surface area contributed by atoms with Crippen LogP contribution in [-0.2, 0) is 9.59 Å². The highest BCUT2D eigenvalue weighted by Crippen LogP contribution is 2.28. The van der Waals surface area contributed by atoms with Crippen LogP contribution in [0, 0.1) is 0 Å². The molecule has 3 N–H and O–H groups in total. The van der Waals surface area contributed by atoms with Crippen molar-refractivity contribution in [1.29, 1.82) is 0 Å². The van der Waals surface area contributed by atoms with Crippen molar-refractivity contribution in [3.05, 3.63) is 35.9 Å². The molecule has 1 fully saturated rings. The molecule has 0 spiro atoms. The normalized spacial score (nSPS) is 16.5. The third-order valence-electron chi connectivity index (χ3n) is 3.94. The van der Waals surface area contributed by atoms with Gasteiger partial charge in [-0.1, -0.05) is 37.5 Å². The van der Waals surface area contributed by atoms with E-state index in [0.29, 0.717) is 18.4 Å². The van der Waals surface area contributed by atoms with Gasteiger partial charge < -0.3 is 15.7 Å². The second kappa shape index (κ2) is 7.06. The average molecular weight is 304 g/mol. The predicted octanol–water partition coefficient (Wildman–Crippen LogP) is 1.32. The van der Waals surface area contributed by atoms with Crippen molar-refractivity contribution < 1.29 is 19.5 Å². The van der Waals surface area contributed by atoms with Crippen LogP contribution in [0.5, 0.6) is 0 Å². The molecule has 0 aliphatic heterocycles. The summed E-state index contributed by atoms with van der Waals surface area (Å²) in [5, 5.41) is 14.5. The van der Waals surface area contributed by atoms with Gasteiger partial charge in [0, 0.05) is 5.56 Å². The second-order valence-corrected chi connectivity index (χ2v) is 5.54. The maximum atomic E-state index is 12.0. The molecule has 1 aliphatic carbocycles.